The maximum absolute atomic E-state index is 13.2. The zero-order chi connectivity index (χ0) is 24.0. The van der Waals surface area contributed by atoms with Crippen LogP contribution in [0.1, 0.15) is 44.8 Å². The van der Waals surface area contributed by atoms with E-state index in [1.54, 1.807) is 24.4 Å². The van der Waals surface area contributed by atoms with E-state index >= 15 is 0 Å². The number of aliphatic imine (C=N–C) groups is 1. The van der Waals surface area contributed by atoms with Crippen LogP contribution in [-0.2, 0) is 0 Å². The van der Waals surface area contributed by atoms with E-state index < -0.39 is 13.3 Å². The number of rotatable bonds is 10. The van der Waals surface area contributed by atoms with Gasteiger partial charge in [-0.15, -0.1) is 6.58 Å². The third-order valence-corrected chi connectivity index (χ3v) is 5.51. The number of ether oxygens (including phenoxy) is 1. The predicted molar refractivity (Wildman–Crippen MR) is 130 cm³/mol. The number of benzene rings is 1. The van der Waals surface area contributed by atoms with Gasteiger partial charge in [0.15, 0.2) is 0 Å². The predicted octanol–water partition coefficient (Wildman–Crippen LogP) is 6.04. The second-order valence-corrected chi connectivity index (χ2v) is 8.24. The van der Waals surface area contributed by atoms with Crippen molar-refractivity contribution in [3.8, 4) is 5.75 Å². The topological polar surface area (TPSA) is 64.6 Å². The molecule has 0 aliphatic carbocycles. The molecule has 2 aromatic rings. The fraction of sp³-hybridized carbons (Fsp3) is 0.400. The highest BCUT2D eigenvalue weighted by Crippen LogP contribution is 2.38. The molecular formula is C25H31F3N4O. The number of anilines is 1. The number of hydrogen-bond donors (Lipinski definition) is 2. The van der Waals surface area contributed by atoms with Crippen molar-refractivity contribution in [2.45, 2.75) is 51.8 Å². The molecule has 1 aliphatic rings. The van der Waals surface area contributed by atoms with Crippen LogP contribution >= 0.6 is 0 Å². The van der Waals surface area contributed by atoms with Gasteiger partial charge in [-0.3, -0.25) is 4.99 Å². The minimum Gasteiger partial charge on any atom is -0.435 e. The molecule has 5 nitrogen and oxygen atoms in total. The lowest BCUT2D eigenvalue weighted by Crippen LogP contribution is -2.32. The monoisotopic (exact) mass is 460 g/mol. The molecule has 0 spiro atoms. The van der Waals surface area contributed by atoms with Crippen molar-refractivity contribution in [2.24, 2.45) is 4.99 Å². The number of alkyl halides is 3. The highest BCUT2D eigenvalue weighted by atomic mass is 19.3. The number of hydrogen-bond acceptors (Lipinski definition) is 4. The lowest BCUT2D eigenvalue weighted by atomic mass is 10.1. The van der Waals surface area contributed by atoms with Crippen LogP contribution in [0, 0.1) is 0 Å². The molecule has 0 saturated carbocycles. The van der Waals surface area contributed by atoms with E-state index in [9.17, 15) is 13.2 Å². The summed E-state index contributed by atoms with van der Waals surface area (Å²) in [5.74, 6) is 0.0804. The van der Waals surface area contributed by atoms with Crippen molar-refractivity contribution in [1.82, 2.24) is 9.88 Å². The molecule has 1 atom stereocenters. The van der Waals surface area contributed by atoms with Crippen LogP contribution in [0.4, 0.5) is 18.9 Å². The van der Waals surface area contributed by atoms with Crippen molar-refractivity contribution in [3.63, 3.8) is 0 Å². The van der Waals surface area contributed by atoms with Gasteiger partial charge in [-0.1, -0.05) is 18.2 Å². The molecule has 33 heavy (non-hydrogen) atoms. The van der Waals surface area contributed by atoms with E-state index in [0.717, 1.165) is 29.5 Å². The lowest BCUT2D eigenvalue weighted by molar-refractivity contribution is -0.0497. The number of nitrogens with two attached hydrogens (primary N) is 1. The van der Waals surface area contributed by atoms with Gasteiger partial charge in [-0.25, -0.2) is 4.39 Å². The van der Waals surface area contributed by atoms with Crippen molar-refractivity contribution in [1.29, 1.82) is 0 Å². The summed E-state index contributed by atoms with van der Waals surface area (Å²) in [7, 11) is 0. The zero-order valence-electron chi connectivity index (χ0n) is 19.0. The van der Waals surface area contributed by atoms with E-state index in [-0.39, 0.29) is 17.8 Å². The van der Waals surface area contributed by atoms with Crippen molar-refractivity contribution in [2.75, 3.05) is 19.0 Å². The Hall–Kier alpha value is -3.00. The van der Waals surface area contributed by atoms with E-state index in [0.29, 0.717) is 29.9 Å². The van der Waals surface area contributed by atoms with E-state index in [2.05, 4.69) is 22.7 Å². The Morgan fingerprint density at radius 3 is 2.70 bits per heavy atom. The molecule has 178 valence electrons. The normalized spacial score (nSPS) is 19.5. The second kappa shape index (κ2) is 11.2. The third-order valence-electron chi connectivity index (χ3n) is 5.51. The Morgan fingerprint density at radius 1 is 1.27 bits per heavy atom. The van der Waals surface area contributed by atoms with Gasteiger partial charge in [0.25, 0.3) is 0 Å². The first-order valence-corrected chi connectivity index (χ1v) is 11.1. The number of nitrogen functional groups attached to an aromatic ring is 1. The summed E-state index contributed by atoms with van der Waals surface area (Å²) in [4.78, 5) is 4.72. The Labute approximate surface area is 192 Å². The molecule has 0 saturated heterocycles. The van der Waals surface area contributed by atoms with Crippen LogP contribution in [0.3, 0.4) is 0 Å². The molecule has 0 amide bonds. The zero-order valence-corrected chi connectivity index (χ0v) is 19.0. The second-order valence-electron chi connectivity index (χ2n) is 8.24. The number of allylic oxidation sites excluding steroid dienone is 2. The molecule has 2 heterocycles. The van der Waals surface area contributed by atoms with Gasteiger partial charge in [0.1, 0.15) is 12.4 Å². The van der Waals surface area contributed by atoms with Crippen LogP contribution < -0.4 is 15.8 Å². The highest BCUT2D eigenvalue weighted by Gasteiger charge is 2.21. The largest absolute Gasteiger partial charge is 0.435 e. The van der Waals surface area contributed by atoms with Gasteiger partial charge in [-0.2, -0.15) is 8.78 Å². The lowest BCUT2D eigenvalue weighted by Gasteiger charge is -2.17. The van der Waals surface area contributed by atoms with Crippen LogP contribution in [-0.4, -0.2) is 36.7 Å². The SMILES string of the molecule is C=CCC(CF)NCC1=C\CC\C=C(c2c(N)c3ccc(OC(F)F)cc3n2C(C)C)/N=C/1. The summed E-state index contributed by atoms with van der Waals surface area (Å²) in [5.41, 5.74) is 10.2. The van der Waals surface area contributed by atoms with Crippen LogP contribution in [0.5, 0.6) is 5.75 Å². The average molecular weight is 461 g/mol. The van der Waals surface area contributed by atoms with Gasteiger partial charge < -0.3 is 20.4 Å². The minimum absolute atomic E-state index is 0.00374. The molecule has 1 unspecified atom stereocenters. The fourth-order valence-electron chi connectivity index (χ4n) is 3.98. The molecule has 1 aliphatic heterocycles. The molecule has 1 aromatic carbocycles. The van der Waals surface area contributed by atoms with Crippen molar-refractivity contribution >= 4 is 28.5 Å². The number of nitrogens with zero attached hydrogens (tertiary/aromatic N) is 2. The Morgan fingerprint density at radius 2 is 2.03 bits per heavy atom. The molecule has 0 bridgehead atoms. The Balaban J connectivity index is 1.96. The van der Waals surface area contributed by atoms with E-state index in [1.807, 2.05) is 24.5 Å². The third kappa shape index (κ3) is 5.87. The molecular weight excluding hydrogens is 429 g/mol. The quantitative estimate of drug-likeness (QED) is 0.425. The molecule has 3 N–H and O–H groups in total. The highest BCUT2D eigenvalue weighted by molar-refractivity contribution is 6.00. The maximum Gasteiger partial charge on any atom is 0.387 e. The Kier molecular flexibility index (Phi) is 8.38. The summed E-state index contributed by atoms with van der Waals surface area (Å²) in [5, 5.41) is 3.95. The molecule has 8 heteroatoms. The summed E-state index contributed by atoms with van der Waals surface area (Å²) >= 11 is 0. The summed E-state index contributed by atoms with van der Waals surface area (Å²) in [6.45, 7) is 4.80. The Bertz CT molecular complexity index is 1070. The number of halogens is 3. The summed E-state index contributed by atoms with van der Waals surface area (Å²) in [6.07, 6.45) is 9.70. The first-order chi connectivity index (χ1) is 15.8. The first kappa shape index (κ1) is 24.6. The van der Waals surface area contributed by atoms with Gasteiger partial charge in [-0.05, 0) is 50.8 Å². The van der Waals surface area contributed by atoms with Crippen molar-refractivity contribution < 1.29 is 17.9 Å². The van der Waals surface area contributed by atoms with E-state index in [1.165, 1.54) is 6.07 Å². The van der Waals surface area contributed by atoms with Gasteiger partial charge in [0.2, 0.25) is 0 Å². The standard InChI is InChI=1S/C25H31F3N4O/c1-4-7-18(13-26)30-14-17-8-5-6-9-21(31-15-17)24-23(29)20-11-10-19(33-25(27)28)12-22(20)32(24)16(2)3/h4,8-12,15-16,18,25,30H,1,5-7,13-14,29H2,2-3H3/b17-8-,21-9-,31-15+. The minimum atomic E-state index is -2.90. The first-order valence-electron chi connectivity index (χ1n) is 11.1. The summed E-state index contributed by atoms with van der Waals surface area (Å²) in [6, 6.07) is 4.50. The van der Waals surface area contributed by atoms with Crippen molar-refractivity contribution in [3.05, 3.63) is 54.3 Å². The smallest absolute Gasteiger partial charge is 0.387 e. The van der Waals surface area contributed by atoms with Crippen LogP contribution in [0.25, 0.3) is 16.6 Å². The van der Waals surface area contributed by atoms with Crippen LogP contribution in [0.15, 0.2) is 53.6 Å². The number of nitrogens with one attached hydrogen (secondary N) is 1. The van der Waals surface area contributed by atoms with Gasteiger partial charge in [0.05, 0.1) is 22.6 Å². The number of aromatic nitrogens is 1. The number of fused-ring (bicyclic) bond motifs is 1. The van der Waals surface area contributed by atoms with Gasteiger partial charge >= 0.3 is 6.61 Å². The fourth-order valence-corrected chi connectivity index (χ4v) is 3.98. The molecule has 3 rings (SSSR count). The van der Waals surface area contributed by atoms with Crippen LogP contribution in [0.2, 0.25) is 0 Å². The molecule has 1 aromatic heterocycles. The van der Waals surface area contributed by atoms with E-state index in [4.69, 9.17) is 10.7 Å². The summed E-state index contributed by atoms with van der Waals surface area (Å²) < 4.78 is 45.2. The van der Waals surface area contributed by atoms with Gasteiger partial charge in [0, 0.05) is 36.3 Å². The average Bonchev–Trinajstić information content (AvgIpc) is 3.04. The maximum atomic E-state index is 13.2. The molecule has 0 fully saturated rings. The molecule has 0 radical (unpaired) electrons.